The SMILES string of the molecule is C=C/C(C)=C/C[C@@H]1O[C@H](C)[C@H](NC(=O)/C=C\C(C)/C(O)=C/C(=N)OC)C[C@@H]1C. The van der Waals surface area contributed by atoms with Crippen molar-refractivity contribution in [1.29, 1.82) is 5.41 Å². The maximum absolute atomic E-state index is 12.3. The Hall–Kier alpha value is -2.34. The van der Waals surface area contributed by atoms with Gasteiger partial charge in [-0.1, -0.05) is 44.2 Å². The normalized spacial score (nSPS) is 27.3. The van der Waals surface area contributed by atoms with E-state index in [1.807, 2.05) is 19.9 Å². The Morgan fingerprint density at radius 3 is 2.75 bits per heavy atom. The highest BCUT2D eigenvalue weighted by molar-refractivity contribution is 5.88. The van der Waals surface area contributed by atoms with E-state index in [-0.39, 0.29) is 35.8 Å². The van der Waals surface area contributed by atoms with Crippen LogP contribution in [0.3, 0.4) is 0 Å². The average molecular weight is 391 g/mol. The second-order valence-corrected chi connectivity index (χ2v) is 7.38. The van der Waals surface area contributed by atoms with Crippen molar-refractivity contribution in [3.63, 3.8) is 0 Å². The minimum Gasteiger partial charge on any atom is -0.512 e. The molecule has 5 atom stereocenters. The Labute approximate surface area is 168 Å². The molecule has 0 radical (unpaired) electrons. The molecular weight excluding hydrogens is 356 g/mol. The van der Waals surface area contributed by atoms with Crippen LogP contribution in [-0.2, 0) is 14.3 Å². The van der Waals surface area contributed by atoms with Gasteiger partial charge in [-0.2, -0.15) is 0 Å². The van der Waals surface area contributed by atoms with Gasteiger partial charge in [0.05, 0.1) is 25.4 Å². The zero-order valence-corrected chi connectivity index (χ0v) is 17.6. The van der Waals surface area contributed by atoms with Gasteiger partial charge in [0, 0.05) is 12.0 Å². The molecule has 0 spiro atoms. The summed E-state index contributed by atoms with van der Waals surface area (Å²) >= 11 is 0. The van der Waals surface area contributed by atoms with Gasteiger partial charge in [-0.3, -0.25) is 10.2 Å². The molecule has 0 aliphatic carbocycles. The molecule has 0 aromatic heterocycles. The lowest BCUT2D eigenvalue weighted by Crippen LogP contribution is -2.50. The van der Waals surface area contributed by atoms with Gasteiger partial charge in [-0.15, -0.1) is 0 Å². The number of rotatable bonds is 8. The van der Waals surface area contributed by atoms with Gasteiger partial charge in [-0.05, 0) is 38.7 Å². The predicted molar refractivity (Wildman–Crippen MR) is 112 cm³/mol. The largest absolute Gasteiger partial charge is 0.512 e. The van der Waals surface area contributed by atoms with Gasteiger partial charge in [0.25, 0.3) is 0 Å². The fourth-order valence-corrected chi connectivity index (χ4v) is 2.98. The van der Waals surface area contributed by atoms with Crippen molar-refractivity contribution in [2.24, 2.45) is 11.8 Å². The number of allylic oxidation sites excluding steroid dienone is 3. The Morgan fingerprint density at radius 2 is 2.14 bits per heavy atom. The molecule has 6 nitrogen and oxygen atoms in total. The van der Waals surface area contributed by atoms with Crippen LogP contribution in [0.1, 0.15) is 40.5 Å². The van der Waals surface area contributed by atoms with Crippen molar-refractivity contribution in [3.05, 3.63) is 48.3 Å². The highest BCUT2D eigenvalue weighted by Crippen LogP contribution is 2.28. The van der Waals surface area contributed by atoms with Gasteiger partial charge in [0.1, 0.15) is 5.76 Å². The first-order valence-electron chi connectivity index (χ1n) is 9.64. The van der Waals surface area contributed by atoms with Crippen LogP contribution in [-0.4, -0.2) is 42.3 Å². The molecule has 1 aliphatic heterocycles. The smallest absolute Gasteiger partial charge is 0.243 e. The van der Waals surface area contributed by atoms with Crippen molar-refractivity contribution in [2.75, 3.05) is 7.11 Å². The zero-order valence-electron chi connectivity index (χ0n) is 17.6. The molecule has 0 saturated carbocycles. The Kier molecular flexibility index (Phi) is 9.73. The van der Waals surface area contributed by atoms with E-state index in [0.717, 1.165) is 18.4 Å². The fraction of sp³-hybridized carbons (Fsp3) is 0.545. The fourth-order valence-electron chi connectivity index (χ4n) is 2.98. The molecular formula is C22H34N2O4. The van der Waals surface area contributed by atoms with Gasteiger partial charge in [0.2, 0.25) is 11.8 Å². The second-order valence-electron chi connectivity index (χ2n) is 7.38. The summed E-state index contributed by atoms with van der Waals surface area (Å²) in [6, 6.07) is -0.0611. The Bertz CT molecular complexity index is 651. The summed E-state index contributed by atoms with van der Waals surface area (Å²) in [6.45, 7) is 11.6. The maximum atomic E-state index is 12.3. The van der Waals surface area contributed by atoms with Crippen LogP contribution in [0.25, 0.3) is 0 Å². The van der Waals surface area contributed by atoms with Crippen LogP contribution in [0.4, 0.5) is 0 Å². The summed E-state index contributed by atoms with van der Waals surface area (Å²) in [4.78, 5) is 12.3. The third kappa shape index (κ3) is 7.72. The lowest BCUT2D eigenvalue weighted by atomic mass is 9.88. The van der Waals surface area contributed by atoms with Gasteiger partial charge in [-0.25, -0.2) is 0 Å². The van der Waals surface area contributed by atoms with E-state index in [1.165, 1.54) is 19.3 Å². The molecule has 1 fully saturated rings. The molecule has 1 aliphatic rings. The molecule has 1 heterocycles. The van der Waals surface area contributed by atoms with E-state index in [2.05, 4.69) is 29.6 Å². The number of hydrogen-bond donors (Lipinski definition) is 3. The number of carbonyl (C=O) groups is 1. The van der Waals surface area contributed by atoms with Crippen LogP contribution in [0.5, 0.6) is 0 Å². The van der Waals surface area contributed by atoms with Gasteiger partial charge >= 0.3 is 0 Å². The summed E-state index contributed by atoms with van der Waals surface area (Å²) < 4.78 is 10.8. The maximum Gasteiger partial charge on any atom is 0.243 e. The predicted octanol–water partition coefficient (Wildman–Crippen LogP) is 4.06. The minimum atomic E-state index is -0.399. The van der Waals surface area contributed by atoms with E-state index >= 15 is 0 Å². The lowest BCUT2D eigenvalue weighted by Gasteiger charge is -2.39. The summed E-state index contributed by atoms with van der Waals surface area (Å²) in [5.74, 6) is -0.480. The first-order valence-corrected chi connectivity index (χ1v) is 9.64. The zero-order chi connectivity index (χ0) is 21.3. The molecule has 0 bridgehead atoms. The number of nitrogens with one attached hydrogen (secondary N) is 2. The standard InChI is InChI=1S/C22H34N2O4/c1-7-14(2)8-10-20-16(4)12-18(17(5)28-20)24-22(26)11-9-15(3)19(25)13-21(23)27-6/h7-9,11,13,15-18,20,23,25H,1,10,12H2,2-6H3,(H,24,26)/b11-9-,14-8+,19-13-,23-21?/t15?,16-,17+,18+,20-/m0/s1. The Morgan fingerprint density at radius 1 is 1.46 bits per heavy atom. The number of hydrogen-bond acceptors (Lipinski definition) is 5. The molecule has 1 unspecified atom stereocenters. The highest BCUT2D eigenvalue weighted by Gasteiger charge is 2.33. The minimum absolute atomic E-state index is 0.0374. The second kappa shape index (κ2) is 11.5. The first-order chi connectivity index (χ1) is 13.2. The molecule has 6 heteroatoms. The number of aliphatic hydroxyl groups is 1. The van der Waals surface area contributed by atoms with Crippen LogP contribution >= 0.6 is 0 Å². The molecule has 0 aromatic carbocycles. The van der Waals surface area contributed by atoms with Gasteiger partial charge < -0.3 is 19.9 Å². The topological polar surface area (TPSA) is 91.6 Å². The van der Waals surface area contributed by atoms with E-state index in [1.54, 1.807) is 13.0 Å². The summed E-state index contributed by atoms with van der Waals surface area (Å²) in [5.41, 5.74) is 1.14. The highest BCUT2D eigenvalue weighted by atomic mass is 16.5. The van der Waals surface area contributed by atoms with Crippen molar-refractivity contribution >= 4 is 11.8 Å². The molecule has 1 saturated heterocycles. The summed E-state index contributed by atoms with van der Waals surface area (Å²) in [6.07, 6.45) is 9.91. The van der Waals surface area contributed by atoms with E-state index < -0.39 is 5.92 Å². The van der Waals surface area contributed by atoms with E-state index in [0.29, 0.717) is 5.92 Å². The number of methoxy groups -OCH3 is 1. The lowest BCUT2D eigenvalue weighted by molar-refractivity contribution is -0.123. The molecule has 1 rings (SSSR count). The summed E-state index contributed by atoms with van der Waals surface area (Å²) in [7, 11) is 1.36. The number of amides is 1. The third-order valence-corrected chi connectivity index (χ3v) is 5.04. The quantitative estimate of drug-likeness (QED) is 0.192. The van der Waals surface area contributed by atoms with Crippen LogP contribution < -0.4 is 5.32 Å². The van der Waals surface area contributed by atoms with Crippen molar-refractivity contribution < 1.29 is 19.4 Å². The first kappa shape index (κ1) is 23.7. The van der Waals surface area contributed by atoms with Crippen LogP contribution in [0.15, 0.2) is 48.3 Å². The molecule has 1 amide bonds. The Balaban J connectivity index is 2.59. The van der Waals surface area contributed by atoms with Crippen molar-refractivity contribution in [3.8, 4) is 0 Å². The molecule has 3 N–H and O–H groups in total. The third-order valence-electron chi connectivity index (χ3n) is 5.04. The van der Waals surface area contributed by atoms with Gasteiger partial charge in [0.15, 0.2) is 0 Å². The monoisotopic (exact) mass is 390 g/mol. The van der Waals surface area contributed by atoms with E-state index in [9.17, 15) is 9.90 Å². The number of ether oxygens (including phenoxy) is 2. The molecule has 156 valence electrons. The number of aliphatic hydroxyl groups excluding tert-OH is 1. The van der Waals surface area contributed by atoms with Crippen molar-refractivity contribution in [2.45, 2.75) is 58.8 Å². The average Bonchev–Trinajstić information content (AvgIpc) is 2.66. The van der Waals surface area contributed by atoms with Crippen LogP contribution in [0, 0.1) is 17.2 Å². The summed E-state index contributed by atoms with van der Waals surface area (Å²) in [5, 5.41) is 20.3. The molecule has 28 heavy (non-hydrogen) atoms. The number of carbonyl (C=O) groups excluding carboxylic acids is 1. The van der Waals surface area contributed by atoms with Crippen molar-refractivity contribution in [1.82, 2.24) is 5.32 Å². The molecule has 0 aromatic rings. The van der Waals surface area contributed by atoms with Crippen LogP contribution in [0.2, 0.25) is 0 Å². The van der Waals surface area contributed by atoms with E-state index in [4.69, 9.17) is 10.1 Å².